The summed E-state index contributed by atoms with van der Waals surface area (Å²) in [6, 6.07) is 10.7. The molecule has 0 aromatic heterocycles. The summed E-state index contributed by atoms with van der Waals surface area (Å²) in [6.07, 6.45) is 0. The van der Waals surface area contributed by atoms with Gasteiger partial charge in [-0.25, -0.2) is 0 Å². The molecule has 2 unspecified atom stereocenters. The van der Waals surface area contributed by atoms with E-state index in [1.807, 2.05) is 18.2 Å². The van der Waals surface area contributed by atoms with E-state index in [-0.39, 0.29) is 17.4 Å². The Bertz CT molecular complexity index is 793. The number of halogens is 2. The monoisotopic (exact) mass is 470 g/mol. The summed E-state index contributed by atoms with van der Waals surface area (Å²) in [5.41, 5.74) is 1.45. The van der Waals surface area contributed by atoms with Crippen molar-refractivity contribution in [2.24, 2.45) is 0 Å². The minimum Gasteiger partial charge on any atom is -0.493 e. The van der Waals surface area contributed by atoms with Gasteiger partial charge in [-0.3, -0.25) is 4.79 Å². The summed E-state index contributed by atoms with van der Waals surface area (Å²) in [6.45, 7) is 0.178. The molecule has 0 spiro atoms. The lowest BCUT2D eigenvalue weighted by atomic mass is 10.0. The lowest BCUT2D eigenvalue weighted by Gasteiger charge is -2.18. The van der Waals surface area contributed by atoms with Gasteiger partial charge in [0.25, 0.3) is 0 Å². The largest absolute Gasteiger partial charge is 0.493 e. The number of benzene rings is 2. The van der Waals surface area contributed by atoms with Gasteiger partial charge in [0.05, 0.1) is 23.9 Å². The Labute approximate surface area is 162 Å². The maximum absolute atomic E-state index is 12.8. The van der Waals surface area contributed by atoms with Crippen molar-refractivity contribution in [1.29, 1.82) is 0 Å². The molecule has 5 nitrogen and oxygen atoms in total. The fourth-order valence-electron chi connectivity index (χ4n) is 2.54. The molecule has 0 fully saturated rings. The zero-order valence-electron chi connectivity index (χ0n) is 13.6. The fourth-order valence-corrected chi connectivity index (χ4v) is 3.63. The normalized spacial score (nSPS) is 14.7. The Hall–Kier alpha value is -1.73. The molecule has 2 aromatic carbocycles. The van der Waals surface area contributed by atoms with E-state index in [1.165, 1.54) is 0 Å². The summed E-state index contributed by atoms with van der Waals surface area (Å²) in [5, 5.41) is 0. The first kappa shape index (κ1) is 18.1. The number of fused-ring (bicyclic) bond motifs is 1. The zero-order chi connectivity index (χ0) is 18.0. The maximum atomic E-state index is 12.8. The number of methoxy groups -OCH3 is 2. The van der Waals surface area contributed by atoms with Crippen molar-refractivity contribution < 1.29 is 23.7 Å². The highest BCUT2D eigenvalue weighted by Crippen LogP contribution is 2.39. The molecule has 0 saturated heterocycles. The van der Waals surface area contributed by atoms with Crippen LogP contribution in [0.15, 0.2) is 36.4 Å². The van der Waals surface area contributed by atoms with Crippen LogP contribution in [-0.4, -0.2) is 31.6 Å². The van der Waals surface area contributed by atoms with Crippen molar-refractivity contribution in [2.45, 2.75) is 9.65 Å². The van der Waals surface area contributed by atoms with Crippen LogP contribution < -0.4 is 18.9 Å². The van der Waals surface area contributed by atoms with Gasteiger partial charge in [-0.1, -0.05) is 37.9 Å². The van der Waals surface area contributed by atoms with E-state index >= 15 is 0 Å². The van der Waals surface area contributed by atoms with Crippen LogP contribution >= 0.6 is 31.9 Å². The van der Waals surface area contributed by atoms with Crippen LogP contribution in [0.5, 0.6) is 23.0 Å². The third-order valence-corrected chi connectivity index (χ3v) is 6.60. The fraction of sp³-hybridized carbons (Fsp3) is 0.278. The van der Waals surface area contributed by atoms with Gasteiger partial charge in [0, 0.05) is 5.56 Å². The predicted molar refractivity (Wildman–Crippen MR) is 101 cm³/mol. The quantitative estimate of drug-likeness (QED) is 0.458. The second-order valence-corrected chi connectivity index (χ2v) is 7.32. The molecule has 2 atom stereocenters. The van der Waals surface area contributed by atoms with Crippen LogP contribution in [0.4, 0.5) is 0 Å². The van der Waals surface area contributed by atoms with E-state index in [0.29, 0.717) is 28.6 Å². The summed E-state index contributed by atoms with van der Waals surface area (Å²) in [4.78, 5) is 12.1. The molecule has 2 aromatic rings. The van der Waals surface area contributed by atoms with Gasteiger partial charge in [-0.2, -0.15) is 0 Å². The molecule has 0 aliphatic carbocycles. The molecule has 25 heavy (non-hydrogen) atoms. The maximum Gasteiger partial charge on any atom is 0.231 e. The number of carbonyl (C=O) groups is 1. The van der Waals surface area contributed by atoms with Crippen molar-refractivity contribution in [3.8, 4) is 23.0 Å². The number of ether oxygens (including phenoxy) is 4. The summed E-state index contributed by atoms with van der Waals surface area (Å²) in [7, 11) is 3.16. The van der Waals surface area contributed by atoms with Crippen LogP contribution in [0.1, 0.15) is 20.7 Å². The highest BCUT2D eigenvalue weighted by molar-refractivity contribution is 9.12. The molecule has 7 heteroatoms. The molecule has 3 rings (SSSR count). The molecule has 0 saturated carbocycles. The predicted octanol–water partition coefficient (Wildman–Crippen LogP) is 4.51. The van der Waals surface area contributed by atoms with Gasteiger partial charge < -0.3 is 18.9 Å². The van der Waals surface area contributed by atoms with Gasteiger partial charge in [0.15, 0.2) is 28.8 Å². The third kappa shape index (κ3) is 3.62. The van der Waals surface area contributed by atoms with Crippen LogP contribution in [0, 0.1) is 0 Å². The number of hydrogen-bond acceptors (Lipinski definition) is 5. The van der Waals surface area contributed by atoms with E-state index < -0.39 is 4.83 Å². The molecule has 0 amide bonds. The van der Waals surface area contributed by atoms with Crippen molar-refractivity contribution >= 4 is 37.6 Å². The summed E-state index contributed by atoms with van der Waals surface area (Å²) in [5.74, 6) is 2.43. The van der Waals surface area contributed by atoms with E-state index in [9.17, 15) is 4.79 Å². The Morgan fingerprint density at radius 1 is 1.00 bits per heavy atom. The van der Waals surface area contributed by atoms with Gasteiger partial charge >= 0.3 is 0 Å². The lowest BCUT2D eigenvalue weighted by molar-refractivity contribution is 0.0990. The molecule has 1 aliphatic rings. The molecule has 1 heterocycles. The molecule has 132 valence electrons. The SMILES string of the molecule is COc1ccc(C(Br)C(Br)C(=O)c2ccc3c(c2)OCO3)cc1OC. The minimum absolute atomic E-state index is 0.0602. The van der Waals surface area contributed by atoms with Crippen molar-refractivity contribution in [2.75, 3.05) is 21.0 Å². The average molecular weight is 472 g/mol. The standard InChI is InChI=1S/C18H16Br2O5/c1-22-12-5-3-10(7-14(12)23-2)16(19)17(20)18(21)11-4-6-13-15(8-11)25-9-24-13/h3-8,16-17H,9H2,1-2H3. The Kier molecular flexibility index (Phi) is 5.54. The minimum atomic E-state index is -0.467. The highest BCUT2D eigenvalue weighted by atomic mass is 79.9. The van der Waals surface area contributed by atoms with Crippen molar-refractivity contribution in [1.82, 2.24) is 0 Å². The number of alkyl halides is 2. The number of carbonyl (C=O) groups excluding carboxylic acids is 1. The number of hydrogen-bond donors (Lipinski definition) is 0. The summed E-state index contributed by atoms with van der Waals surface area (Å²) >= 11 is 7.11. The first-order valence-corrected chi connectivity index (χ1v) is 9.32. The van der Waals surface area contributed by atoms with Gasteiger partial charge in [-0.05, 0) is 35.9 Å². The number of Topliss-reactive ketones (excluding diaryl/α,β-unsaturated/α-hetero) is 1. The van der Waals surface area contributed by atoms with E-state index in [0.717, 1.165) is 5.56 Å². The van der Waals surface area contributed by atoms with Gasteiger partial charge in [-0.15, -0.1) is 0 Å². The lowest BCUT2D eigenvalue weighted by Crippen LogP contribution is -2.19. The Morgan fingerprint density at radius 2 is 1.72 bits per heavy atom. The molecule has 1 aliphatic heterocycles. The summed E-state index contributed by atoms with van der Waals surface area (Å²) < 4.78 is 21.2. The van der Waals surface area contributed by atoms with Gasteiger partial charge in [0.2, 0.25) is 6.79 Å². The van der Waals surface area contributed by atoms with Crippen molar-refractivity contribution in [3.05, 3.63) is 47.5 Å². The smallest absolute Gasteiger partial charge is 0.231 e. The van der Waals surface area contributed by atoms with Gasteiger partial charge in [0.1, 0.15) is 0 Å². The van der Waals surface area contributed by atoms with Crippen LogP contribution in [0.25, 0.3) is 0 Å². The van der Waals surface area contributed by atoms with Crippen molar-refractivity contribution in [3.63, 3.8) is 0 Å². The van der Waals surface area contributed by atoms with Crippen LogP contribution in [-0.2, 0) is 0 Å². The first-order valence-electron chi connectivity index (χ1n) is 7.49. The van der Waals surface area contributed by atoms with E-state index in [2.05, 4.69) is 31.9 Å². The second kappa shape index (κ2) is 7.66. The van der Waals surface area contributed by atoms with Crippen LogP contribution in [0.3, 0.4) is 0 Å². The third-order valence-electron chi connectivity index (χ3n) is 3.89. The topological polar surface area (TPSA) is 54.0 Å². The Morgan fingerprint density at radius 3 is 2.44 bits per heavy atom. The molecule has 0 bridgehead atoms. The second-order valence-electron chi connectivity index (χ2n) is 5.35. The first-order chi connectivity index (χ1) is 12.0. The highest BCUT2D eigenvalue weighted by Gasteiger charge is 2.28. The molecular weight excluding hydrogens is 456 g/mol. The molecule has 0 radical (unpaired) electrons. The van der Waals surface area contributed by atoms with E-state index in [1.54, 1.807) is 32.4 Å². The molecular formula is C18H16Br2O5. The van der Waals surface area contributed by atoms with E-state index in [4.69, 9.17) is 18.9 Å². The number of ketones is 1. The zero-order valence-corrected chi connectivity index (χ0v) is 16.8. The Balaban J connectivity index is 1.82. The van der Waals surface area contributed by atoms with Crippen LogP contribution in [0.2, 0.25) is 0 Å². The average Bonchev–Trinajstić information content (AvgIpc) is 3.13. The number of rotatable bonds is 6. The molecule has 0 N–H and O–H groups in total.